The molecule has 0 saturated heterocycles. The third kappa shape index (κ3) is 1.71. The number of hydrogen-bond donors (Lipinski definition) is 0. The van der Waals surface area contributed by atoms with Crippen LogP contribution in [-0.2, 0) is 0 Å². The monoisotopic (exact) mass is 295 g/mol. The van der Waals surface area contributed by atoms with Crippen LogP contribution >= 0.6 is 0 Å². The summed E-state index contributed by atoms with van der Waals surface area (Å²) >= 11 is -0.296. The zero-order valence-electron chi connectivity index (χ0n) is 8.50. The predicted octanol–water partition coefficient (Wildman–Crippen LogP) is 0.977. The van der Waals surface area contributed by atoms with Crippen molar-refractivity contribution in [2.45, 2.75) is 0 Å². The van der Waals surface area contributed by atoms with Gasteiger partial charge in [-0.1, -0.05) is 0 Å². The molecule has 2 heterocycles. The summed E-state index contributed by atoms with van der Waals surface area (Å²) in [6.07, 6.45) is 3.16. The Morgan fingerprint density at radius 3 is 2.76 bits per heavy atom. The van der Waals surface area contributed by atoms with Crippen molar-refractivity contribution in [2.24, 2.45) is 0 Å². The minimum absolute atomic E-state index is 0.161. The quantitative estimate of drug-likeness (QED) is 0.629. The molecule has 3 rings (SSSR count). The van der Waals surface area contributed by atoms with Gasteiger partial charge in [0.2, 0.25) is 0 Å². The van der Waals surface area contributed by atoms with Gasteiger partial charge >= 0.3 is 101 Å². The summed E-state index contributed by atoms with van der Waals surface area (Å²) in [4.78, 5) is 20.1. The zero-order chi connectivity index (χ0) is 11.8. The van der Waals surface area contributed by atoms with Crippen molar-refractivity contribution < 1.29 is 4.39 Å². The molecule has 0 unspecified atom stereocenters. The minimum atomic E-state index is -0.325. The Hall–Kier alpha value is -1.78. The summed E-state index contributed by atoms with van der Waals surface area (Å²) in [7, 11) is 0. The summed E-state index contributed by atoms with van der Waals surface area (Å²) in [5.74, 6) is 0.0448. The molecule has 0 saturated carbocycles. The molecule has 0 spiro atoms. The molecule has 6 heteroatoms. The maximum atomic E-state index is 13.1. The van der Waals surface area contributed by atoms with Gasteiger partial charge in [-0.3, -0.25) is 0 Å². The first-order valence-corrected chi connectivity index (χ1v) is 6.47. The van der Waals surface area contributed by atoms with E-state index in [1.165, 1.54) is 21.8 Å². The van der Waals surface area contributed by atoms with Crippen molar-refractivity contribution in [3.05, 3.63) is 52.8 Å². The van der Waals surface area contributed by atoms with Gasteiger partial charge in [-0.05, 0) is 0 Å². The fourth-order valence-electron chi connectivity index (χ4n) is 1.53. The number of fused-ring (bicyclic) bond motifs is 1. The van der Waals surface area contributed by atoms with Crippen LogP contribution in [0.3, 0.4) is 0 Å². The van der Waals surface area contributed by atoms with Crippen LogP contribution in [-0.4, -0.2) is 28.3 Å². The van der Waals surface area contributed by atoms with E-state index in [0.29, 0.717) is 11.3 Å². The molecule has 0 atom stereocenters. The second-order valence-corrected chi connectivity index (χ2v) is 5.45. The van der Waals surface area contributed by atoms with Gasteiger partial charge in [0.05, 0.1) is 0 Å². The van der Waals surface area contributed by atoms with Crippen molar-refractivity contribution in [1.82, 2.24) is 13.5 Å². The average Bonchev–Trinajstić information content (AvgIpc) is 2.67. The molecule has 84 valence electrons. The van der Waals surface area contributed by atoms with Crippen molar-refractivity contribution in [3.63, 3.8) is 0 Å². The summed E-state index contributed by atoms with van der Waals surface area (Å²) in [6.45, 7) is 0. The van der Waals surface area contributed by atoms with Crippen molar-refractivity contribution >= 4 is 24.4 Å². The predicted molar refractivity (Wildman–Crippen MR) is 62.0 cm³/mol. The van der Waals surface area contributed by atoms with Crippen LogP contribution in [0.4, 0.5) is 4.39 Å². The Labute approximate surface area is 101 Å². The van der Waals surface area contributed by atoms with Crippen LogP contribution in [0.2, 0.25) is 0 Å². The second-order valence-electron chi connectivity index (χ2n) is 3.38. The number of hydrogen-bond acceptors (Lipinski definition) is 3. The Morgan fingerprint density at radius 2 is 2.00 bits per heavy atom. The molecular formula is C11H6FN3OSe. The van der Waals surface area contributed by atoms with Crippen LogP contribution in [0.1, 0.15) is 0 Å². The summed E-state index contributed by atoms with van der Waals surface area (Å²) < 4.78 is 15.3. The van der Waals surface area contributed by atoms with Crippen LogP contribution in [0.5, 0.6) is 0 Å². The normalized spacial score (nSPS) is 10.9. The van der Waals surface area contributed by atoms with Gasteiger partial charge in [-0.25, -0.2) is 0 Å². The molecule has 0 N–H and O–H groups in total. The topological polar surface area (TPSA) is 47.8 Å². The number of nitrogens with zero attached hydrogens (tertiary/aromatic N) is 3. The van der Waals surface area contributed by atoms with Crippen molar-refractivity contribution in [2.75, 3.05) is 0 Å². The van der Waals surface area contributed by atoms with Crippen LogP contribution in [0, 0.1) is 5.82 Å². The van der Waals surface area contributed by atoms with Gasteiger partial charge in [-0.15, -0.1) is 0 Å². The summed E-state index contributed by atoms with van der Waals surface area (Å²) in [5, 5.41) is 0.541. The van der Waals surface area contributed by atoms with Crippen molar-refractivity contribution in [1.29, 1.82) is 0 Å². The Balaban J connectivity index is 2.32. The number of benzene rings is 1. The molecule has 0 aliphatic carbocycles. The molecule has 0 fully saturated rings. The van der Waals surface area contributed by atoms with E-state index >= 15 is 0 Å². The van der Waals surface area contributed by atoms with Gasteiger partial charge in [-0.2, -0.15) is 0 Å². The molecule has 17 heavy (non-hydrogen) atoms. The molecule has 0 bridgehead atoms. The van der Waals surface area contributed by atoms with E-state index in [1.54, 1.807) is 18.5 Å². The Kier molecular flexibility index (Phi) is 2.39. The second kappa shape index (κ2) is 3.91. The first-order valence-electron chi connectivity index (χ1n) is 4.85. The first kappa shape index (κ1) is 10.4. The van der Waals surface area contributed by atoms with Crippen molar-refractivity contribution in [3.8, 4) is 5.95 Å². The SMILES string of the molecule is O=c1c2ccc(F)cc2[se]n1-c1ncccn1. The van der Waals surface area contributed by atoms with E-state index in [9.17, 15) is 9.18 Å². The molecule has 3 aromatic rings. The molecular weight excluding hydrogens is 288 g/mol. The number of halogens is 1. The fourth-order valence-corrected chi connectivity index (χ4v) is 3.57. The number of aromatic nitrogens is 3. The molecule has 2 aromatic heterocycles. The summed E-state index contributed by atoms with van der Waals surface area (Å²) in [5.41, 5.74) is -0.161. The van der Waals surface area contributed by atoms with Gasteiger partial charge in [0, 0.05) is 0 Å². The molecule has 0 amide bonds. The average molecular weight is 294 g/mol. The van der Waals surface area contributed by atoms with Gasteiger partial charge in [0.1, 0.15) is 0 Å². The molecule has 4 nitrogen and oxygen atoms in total. The van der Waals surface area contributed by atoms with E-state index in [2.05, 4.69) is 9.97 Å². The van der Waals surface area contributed by atoms with Crippen LogP contribution in [0.15, 0.2) is 41.5 Å². The first-order chi connectivity index (χ1) is 8.25. The standard InChI is InChI=1S/C11H6FN3OSe/c12-7-2-3-8-9(6-7)17-15(10(8)16)11-13-4-1-5-14-11/h1-6H. The maximum absolute atomic E-state index is 13.1. The van der Waals surface area contributed by atoms with E-state index in [0.717, 1.165) is 4.26 Å². The molecule has 0 aliphatic heterocycles. The third-order valence-corrected chi connectivity index (χ3v) is 4.48. The van der Waals surface area contributed by atoms with Gasteiger partial charge in [0.15, 0.2) is 0 Å². The van der Waals surface area contributed by atoms with E-state index in [4.69, 9.17) is 0 Å². The van der Waals surface area contributed by atoms with E-state index < -0.39 is 0 Å². The van der Waals surface area contributed by atoms with Gasteiger partial charge < -0.3 is 0 Å². The van der Waals surface area contributed by atoms with E-state index in [1.807, 2.05) is 0 Å². The molecule has 0 radical (unpaired) electrons. The molecule has 0 aliphatic rings. The fraction of sp³-hybridized carbons (Fsp3) is 0. The van der Waals surface area contributed by atoms with Crippen LogP contribution < -0.4 is 5.56 Å². The number of rotatable bonds is 1. The van der Waals surface area contributed by atoms with E-state index in [-0.39, 0.29) is 26.1 Å². The van der Waals surface area contributed by atoms with Crippen LogP contribution in [0.25, 0.3) is 15.6 Å². The van der Waals surface area contributed by atoms with Gasteiger partial charge in [0.25, 0.3) is 0 Å². The molecule has 1 aromatic carbocycles. The summed E-state index contributed by atoms with van der Waals surface area (Å²) in [6, 6.07) is 5.89. The zero-order valence-corrected chi connectivity index (χ0v) is 10.2. The third-order valence-electron chi connectivity index (χ3n) is 2.28. The Bertz CT molecular complexity index is 735. The Morgan fingerprint density at radius 1 is 1.24 bits per heavy atom.